The van der Waals surface area contributed by atoms with E-state index in [1.165, 1.54) is 0 Å². The Morgan fingerprint density at radius 3 is 1.80 bits per heavy atom. The van der Waals surface area contributed by atoms with E-state index in [1.54, 1.807) is 0 Å². The first-order chi connectivity index (χ1) is 7.28. The fourth-order valence-electron chi connectivity index (χ4n) is 2.00. The second-order valence-corrected chi connectivity index (χ2v) is 4.18. The number of hydrogen-bond donors (Lipinski definition) is 0. The SMILES string of the molecule is CCCC1COC2(OCC(CCC)O2)O1. The van der Waals surface area contributed by atoms with Crippen LogP contribution in [0.15, 0.2) is 0 Å². The topological polar surface area (TPSA) is 36.9 Å². The van der Waals surface area contributed by atoms with Crippen molar-refractivity contribution in [2.45, 2.75) is 57.9 Å². The van der Waals surface area contributed by atoms with Gasteiger partial charge >= 0.3 is 6.16 Å². The van der Waals surface area contributed by atoms with E-state index in [9.17, 15) is 0 Å². The van der Waals surface area contributed by atoms with Crippen LogP contribution in [0, 0.1) is 0 Å². The van der Waals surface area contributed by atoms with Crippen molar-refractivity contribution in [1.29, 1.82) is 0 Å². The molecule has 0 N–H and O–H groups in total. The maximum absolute atomic E-state index is 5.66. The minimum Gasteiger partial charge on any atom is -0.301 e. The highest BCUT2D eigenvalue weighted by Crippen LogP contribution is 2.35. The van der Waals surface area contributed by atoms with Crippen molar-refractivity contribution in [2.75, 3.05) is 13.2 Å². The van der Waals surface area contributed by atoms with Crippen LogP contribution in [0.1, 0.15) is 39.5 Å². The minimum absolute atomic E-state index is 0.121. The van der Waals surface area contributed by atoms with Gasteiger partial charge < -0.3 is 9.47 Å². The molecule has 2 heterocycles. The summed E-state index contributed by atoms with van der Waals surface area (Å²) in [5.41, 5.74) is 0. The zero-order valence-corrected chi connectivity index (χ0v) is 9.53. The molecule has 2 saturated heterocycles. The van der Waals surface area contributed by atoms with Gasteiger partial charge in [0.1, 0.15) is 0 Å². The van der Waals surface area contributed by atoms with Gasteiger partial charge in [-0.3, -0.25) is 9.47 Å². The summed E-state index contributed by atoms with van der Waals surface area (Å²) in [6.07, 6.45) is 3.23. The van der Waals surface area contributed by atoms with Crippen LogP contribution in [0.25, 0.3) is 0 Å². The Balaban J connectivity index is 1.83. The van der Waals surface area contributed by atoms with Gasteiger partial charge in [0, 0.05) is 0 Å². The summed E-state index contributed by atoms with van der Waals surface area (Å²) in [7, 11) is 0. The van der Waals surface area contributed by atoms with Crippen molar-refractivity contribution in [3.63, 3.8) is 0 Å². The van der Waals surface area contributed by atoms with E-state index in [0.29, 0.717) is 13.2 Å². The third-order valence-electron chi connectivity index (χ3n) is 2.74. The molecule has 2 atom stereocenters. The first-order valence-corrected chi connectivity index (χ1v) is 5.91. The summed E-state index contributed by atoms with van der Waals surface area (Å²) < 4.78 is 22.3. The molecule has 88 valence electrons. The van der Waals surface area contributed by atoms with E-state index >= 15 is 0 Å². The van der Waals surface area contributed by atoms with Crippen molar-refractivity contribution in [3.8, 4) is 0 Å². The Labute approximate surface area is 90.8 Å². The molecule has 0 bridgehead atoms. The van der Waals surface area contributed by atoms with E-state index in [0.717, 1.165) is 25.7 Å². The third kappa shape index (κ3) is 2.50. The lowest BCUT2D eigenvalue weighted by Crippen LogP contribution is -2.32. The molecule has 15 heavy (non-hydrogen) atoms. The monoisotopic (exact) mass is 216 g/mol. The molecule has 0 aromatic carbocycles. The predicted octanol–water partition coefficient (Wildman–Crippen LogP) is 2.03. The smallest absolute Gasteiger partial charge is 0.301 e. The van der Waals surface area contributed by atoms with Crippen molar-refractivity contribution in [1.82, 2.24) is 0 Å². The third-order valence-corrected chi connectivity index (χ3v) is 2.74. The molecule has 0 aromatic rings. The fourth-order valence-corrected chi connectivity index (χ4v) is 2.00. The first kappa shape index (κ1) is 11.3. The van der Waals surface area contributed by atoms with Crippen molar-refractivity contribution < 1.29 is 18.9 Å². The number of hydrogen-bond acceptors (Lipinski definition) is 4. The second kappa shape index (κ2) is 4.78. The molecule has 4 heteroatoms. The molecule has 2 fully saturated rings. The Morgan fingerprint density at radius 2 is 1.40 bits per heavy atom. The van der Waals surface area contributed by atoms with Crippen LogP contribution in [-0.2, 0) is 18.9 Å². The molecule has 1 spiro atoms. The summed E-state index contributed by atoms with van der Waals surface area (Å²) in [5, 5.41) is 0. The van der Waals surface area contributed by atoms with Gasteiger partial charge in [0.05, 0.1) is 25.4 Å². The van der Waals surface area contributed by atoms with E-state index in [2.05, 4.69) is 13.8 Å². The Bertz CT molecular complexity index is 185. The van der Waals surface area contributed by atoms with E-state index in [1.807, 2.05) is 0 Å². The van der Waals surface area contributed by atoms with Crippen LogP contribution in [-0.4, -0.2) is 31.6 Å². The van der Waals surface area contributed by atoms with Crippen LogP contribution >= 0.6 is 0 Å². The van der Waals surface area contributed by atoms with Crippen molar-refractivity contribution in [2.24, 2.45) is 0 Å². The molecule has 0 amide bonds. The normalized spacial score (nSPS) is 40.4. The molecule has 4 nitrogen and oxygen atoms in total. The van der Waals surface area contributed by atoms with Crippen molar-refractivity contribution in [3.05, 3.63) is 0 Å². The molecule has 0 radical (unpaired) electrons. The van der Waals surface area contributed by atoms with Crippen LogP contribution in [0.3, 0.4) is 0 Å². The van der Waals surface area contributed by atoms with E-state index in [4.69, 9.17) is 18.9 Å². The predicted molar refractivity (Wildman–Crippen MR) is 54.2 cm³/mol. The van der Waals surface area contributed by atoms with E-state index < -0.39 is 6.16 Å². The number of ether oxygens (including phenoxy) is 4. The van der Waals surface area contributed by atoms with Gasteiger partial charge in [-0.25, -0.2) is 0 Å². The van der Waals surface area contributed by atoms with Gasteiger partial charge in [0.2, 0.25) is 0 Å². The molecule has 2 unspecified atom stereocenters. The van der Waals surface area contributed by atoms with Gasteiger partial charge in [0.25, 0.3) is 0 Å². The van der Waals surface area contributed by atoms with Crippen LogP contribution < -0.4 is 0 Å². The quantitative estimate of drug-likeness (QED) is 0.720. The van der Waals surface area contributed by atoms with Crippen LogP contribution in [0.2, 0.25) is 0 Å². The largest absolute Gasteiger partial charge is 0.413 e. The minimum atomic E-state index is -1.17. The molecule has 0 aliphatic carbocycles. The summed E-state index contributed by atoms with van der Waals surface area (Å²) in [6.45, 7) is 5.41. The summed E-state index contributed by atoms with van der Waals surface area (Å²) in [5.74, 6) is 0. The Morgan fingerprint density at radius 1 is 0.933 bits per heavy atom. The maximum Gasteiger partial charge on any atom is 0.413 e. The van der Waals surface area contributed by atoms with Crippen LogP contribution in [0.5, 0.6) is 0 Å². The second-order valence-electron chi connectivity index (χ2n) is 4.18. The Hall–Kier alpha value is -0.160. The summed E-state index contributed by atoms with van der Waals surface area (Å²) in [4.78, 5) is 0. The summed E-state index contributed by atoms with van der Waals surface area (Å²) >= 11 is 0. The highest BCUT2D eigenvalue weighted by atomic mass is 17.1. The van der Waals surface area contributed by atoms with Gasteiger partial charge in [-0.15, -0.1) is 0 Å². The molecular formula is C11H20O4. The lowest BCUT2D eigenvalue weighted by molar-refractivity contribution is -0.431. The average molecular weight is 216 g/mol. The highest BCUT2D eigenvalue weighted by molar-refractivity contribution is 4.72. The highest BCUT2D eigenvalue weighted by Gasteiger charge is 2.50. The zero-order valence-electron chi connectivity index (χ0n) is 9.53. The molecule has 2 aliphatic rings. The Kier molecular flexibility index (Phi) is 3.61. The van der Waals surface area contributed by atoms with Crippen molar-refractivity contribution >= 4 is 0 Å². The van der Waals surface area contributed by atoms with Gasteiger partial charge in [-0.1, -0.05) is 26.7 Å². The standard InChI is InChI=1S/C11H20O4/c1-3-5-9-7-12-11(14-9)13-8-10(15-11)6-4-2/h9-10H,3-8H2,1-2H3. The summed E-state index contributed by atoms with van der Waals surface area (Å²) in [6, 6.07) is 0. The van der Waals surface area contributed by atoms with Gasteiger partial charge in [-0.05, 0) is 12.8 Å². The lowest BCUT2D eigenvalue weighted by atomic mass is 10.2. The molecule has 2 aliphatic heterocycles. The zero-order chi connectivity index (χ0) is 10.7. The molecular weight excluding hydrogens is 196 g/mol. The lowest BCUT2D eigenvalue weighted by Gasteiger charge is -2.19. The molecule has 0 aromatic heterocycles. The van der Waals surface area contributed by atoms with E-state index in [-0.39, 0.29) is 12.2 Å². The molecule has 2 rings (SSSR count). The number of rotatable bonds is 4. The van der Waals surface area contributed by atoms with Gasteiger partial charge in [-0.2, -0.15) is 0 Å². The van der Waals surface area contributed by atoms with Crippen LogP contribution in [0.4, 0.5) is 0 Å². The first-order valence-electron chi connectivity index (χ1n) is 5.91. The molecule has 0 saturated carbocycles. The average Bonchev–Trinajstić information content (AvgIpc) is 2.77. The fraction of sp³-hybridized carbons (Fsp3) is 1.00. The van der Waals surface area contributed by atoms with Gasteiger partial charge in [0.15, 0.2) is 0 Å². The maximum atomic E-state index is 5.66.